The average Bonchev–Trinajstić information content (AvgIpc) is 2.61. The summed E-state index contributed by atoms with van der Waals surface area (Å²) in [7, 11) is 1.60. The minimum absolute atomic E-state index is 0.143. The summed E-state index contributed by atoms with van der Waals surface area (Å²) < 4.78 is 5.15. The molecule has 2 aromatic rings. The summed E-state index contributed by atoms with van der Waals surface area (Å²) in [5.41, 5.74) is 2.75. The molecule has 2 aromatic carbocycles. The second-order valence-corrected chi connectivity index (χ2v) is 5.79. The maximum atomic E-state index is 12.5. The van der Waals surface area contributed by atoms with Crippen LogP contribution in [-0.4, -0.2) is 18.9 Å². The molecule has 0 spiro atoms. The lowest BCUT2D eigenvalue weighted by Crippen LogP contribution is -2.29. The Morgan fingerprint density at radius 2 is 1.76 bits per heavy atom. The molecule has 0 unspecified atom stereocenters. The fourth-order valence-electron chi connectivity index (χ4n) is 2.67. The zero-order chi connectivity index (χ0) is 18.2. The Morgan fingerprint density at radius 3 is 2.36 bits per heavy atom. The largest absolute Gasteiger partial charge is 0.497 e. The third-order valence-electron chi connectivity index (χ3n) is 3.96. The van der Waals surface area contributed by atoms with Crippen LogP contribution in [0.4, 0.5) is 5.69 Å². The summed E-state index contributed by atoms with van der Waals surface area (Å²) >= 11 is 0. The molecule has 0 saturated heterocycles. The standard InChI is InChI=1S/C20H24N2O3/c1-4-15-7-5-6-8-18(15)22-20(24)13-19(21-14(2)23)16-9-11-17(25-3)12-10-16/h5-12,19H,4,13H2,1-3H3,(H,21,23)(H,22,24)/t19-/m0/s1. The first-order chi connectivity index (χ1) is 12.0. The third-order valence-corrected chi connectivity index (χ3v) is 3.96. The fraction of sp³-hybridized carbons (Fsp3) is 0.300. The summed E-state index contributed by atoms with van der Waals surface area (Å²) in [5, 5.41) is 5.78. The molecule has 0 aliphatic heterocycles. The van der Waals surface area contributed by atoms with E-state index in [0.717, 1.165) is 29.0 Å². The van der Waals surface area contributed by atoms with Gasteiger partial charge in [0.15, 0.2) is 0 Å². The van der Waals surface area contributed by atoms with Gasteiger partial charge in [-0.1, -0.05) is 37.3 Å². The van der Waals surface area contributed by atoms with Gasteiger partial charge in [0.05, 0.1) is 19.6 Å². The van der Waals surface area contributed by atoms with Gasteiger partial charge in [0.25, 0.3) is 0 Å². The molecular formula is C20H24N2O3. The maximum absolute atomic E-state index is 12.5. The van der Waals surface area contributed by atoms with Crippen molar-refractivity contribution in [3.63, 3.8) is 0 Å². The number of benzene rings is 2. The van der Waals surface area contributed by atoms with E-state index in [1.54, 1.807) is 7.11 Å². The Kier molecular flexibility index (Phi) is 6.57. The predicted molar refractivity (Wildman–Crippen MR) is 98.6 cm³/mol. The molecule has 0 heterocycles. The van der Waals surface area contributed by atoms with E-state index in [-0.39, 0.29) is 18.2 Å². The lowest BCUT2D eigenvalue weighted by molar-refractivity contribution is -0.120. The molecule has 0 aromatic heterocycles. The number of anilines is 1. The van der Waals surface area contributed by atoms with Crippen LogP contribution < -0.4 is 15.4 Å². The van der Waals surface area contributed by atoms with Gasteiger partial charge in [-0.05, 0) is 35.7 Å². The van der Waals surface area contributed by atoms with Gasteiger partial charge >= 0.3 is 0 Å². The van der Waals surface area contributed by atoms with Gasteiger partial charge in [-0.2, -0.15) is 0 Å². The van der Waals surface area contributed by atoms with Gasteiger partial charge < -0.3 is 15.4 Å². The molecule has 0 saturated carbocycles. The highest BCUT2D eigenvalue weighted by Gasteiger charge is 2.18. The van der Waals surface area contributed by atoms with Crippen molar-refractivity contribution in [2.75, 3.05) is 12.4 Å². The lowest BCUT2D eigenvalue weighted by Gasteiger charge is -2.19. The maximum Gasteiger partial charge on any atom is 0.226 e. The van der Waals surface area contributed by atoms with Gasteiger partial charge in [-0.3, -0.25) is 9.59 Å². The molecule has 0 aliphatic rings. The van der Waals surface area contributed by atoms with Crippen LogP contribution in [0.1, 0.15) is 37.4 Å². The number of rotatable bonds is 7. The first kappa shape index (κ1) is 18.5. The number of hydrogen-bond acceptors (Lipinski definition) is 3. The van der Waals surface area contributed by atoms with E-state index in [2.05, 4.69) is 10.6 Å². The molecule has 0 aliphatic carbocycles. The van der Waals surface area contributed by atoms with E-state index in [0.29, 0.717) is 0 Å². The number of nitrogens with one attached hydrogen (secondary N) is 2. The van der Waals surface area contributed by atoms with Crippen LogP contribution in [0.3, 0.4) is 0 Å². The zero-order valence-electron chi connectivity index (χ0n) is 14.8. The number of methoxy groups -OCH3 is 1. The molecular weight excluding hydrogens is 316 g/mol. The van der Waals surface area contributed by atoms with E-state index >= 15 is 0 Å². The first-order valence-corrected chi connectivity index (χ1v) is 8.32. The predicted octanol–water partition coefficient (Wildman–Crippen LogP) is 3.46. The van der Waals surface area contributed by atoms with E-state index in [4.69, 9.17) is 4.74 Å². The summed E-state index contributed by atoms with van der Waals surface area (Å²) in [6, 6.07) is 14.7. The Bertz CT molecular complexity index is 726. The Balaban J connectivity index is 2.12. The smallest absolute Gasteiger partial charge is 0.226 e. The van der Waals surface area contributed by atoms with Crippen molar-refractivity contribution in [3.8, 4) is 5.75 Å². The summed E-state index contributed by atoms with van der Waals surface area (Å²) in [5.74, 6) is 0.407. The second kappa shape index (κ2) is 8.87. The lowest BCUT2D eigenvalue weighted by atomic mass is 10.0. The van der Waals surface area contributed by atoms with Gasteiger partial charge in [0.2, 0.25) is 11.8 Å². The zero-order valence-corrected chi connectivity index (χ0v) is 14.8. The van der Waals surface area contributed by atoms with Crippen molar-refractivity contribution < 1.29 is 14.3 Å². The monoisotopic (exact) mass is 340 g/mol. The highest BCUT2D eigenvalue weighted by Crippen LogP contribution is 2.22. The van der Waals surface area contributed by atoms with Crippen molar-refractivity contribution in [1.82, 2.24) is 5.32 Å². The third kappa shape index (κ3) is 5.35. The fourth-order valence-corrected chi connectivity index (χ4v) is 2.67. The Hall–Kier alpha value is -2.82. The molecule has 0 radical (unpaired) electrons. The first-order valence-electron chi connectivity index (χ1n) is 8.32. The molecule has 5 nitrogen and oxygen atoms in total. The quantitative estimate of drug-likeness (QED) is 0.811. The van der Waals surface area contributed by atoms with Crippen LogP contribution in [0.2, 0.25) is 0 Å². The summed E-state index contributed by atoms with van der Waals surface area (Å²) in [6.45, 7) is 3.49. The van der Waals surface area contributed by atoms with Gasteiger partial charge in [-0.25, -0.2) is 0 Å². The molecule has 0 fully saturated rings. The Morgan fingerprint density at radius 1 is 1.08 bits per heavy atom. The summed E-state index contributed by atoms with van der Waals surface area (Å²) in [6.07, 6.45) is 0.994. The normalized spacial score (nSPS) is 11.5. The van der Waals surface area contributed by atoms with Crippen LogP contribution in [0.15, 0.2) is 48.5 Å². The molecule has 1 atom stereocenters. The number of hydrogen-bond donors (Lipinski definition) is 2. The van der Waals surface area contributed by atoms with E-state index < -0.39 is 6.04 Å². The SMILES string of the molecule is CCc1ccccc1NC(=O)C[C@H](NC(C)=O)c1ccc(OC)cc1. The van der Waals surface area contributed by atoms with Crippen LogP contribution >= 0.6 is 0 Å². The van der Waals surface area contributed by atoms with Crippen LogP contribution in [-0.2, 0) is 16.0 Å². The van der Waals surface area contributed by atoms with Crippen LogP contribution in [0.25, 0.3) is 0 Å². The van der Waals surface area contributed by atoms with Crippen molar-refractivity contribution >= 4 is 17.5 Å². The van der Waals surface area contributed by atoms with Gasteiger partial charge in [0, 0.05) is 12.6 Å². The number of para-hydroxylation sites is 1. The van der Waals surface area contributed by atoms with Crippen molar-refractivity contribution in [2.45, 2.75) is 32.7 Å². The highest BCUT2D eigenvalue weighted by atomic mass is 16.5. The topological polar surface area (TPSA) is 67.4 Å². The van der Waals surface area contributed by atoms with Crippen molar-refractivity contribution in [3.05, 3.63) is 59.7 Å². The van der Waals surface area contributed by atoms with Gasteiger partial charge in [-0.15, -0.1) is 0 Å². The highest BCUT2D eigenvalue weighted by molar-refractivity contribution is 5.92. The van der Waals surface area contributed by atoms with Crippen molar-refractivity contribution in [2.24, 2.45) is 0 Å². The van der Waals surface area contributed by atoms with Gasteiger partial charge in [0.1, 0.15) is 5.75 Å². The van der Waals surface area contributed by atoms with Crippen molar-refractivity contribution in [1.29, 1.82) is 0 Å². The molecule has 5 heteroatoms. The number of ether oxygens (including phenoxy) is 1. The van der Waals surface area contributed by atoms with Crippen LogP contribution in [0, 0.1) is 0 Å². The minimum atomic E-state index is -0.391. The molecule has 2 amide bonds. The molecule has 2 N–H and O–H groups in total. The number of aryl methyl sites for hydroxylation is 1. The number of amides is 2. The second-order valence-electron chi connectivity index (χ2n) is 5.79. The van der Waals surface area contributed by atoms with E-state index in [1.165, 1.54) is 6.92 Å². The molecule has 2 rings (SSSR count). The van der Waals surface area contributed by atoms with E-state index in [1.807, 2.05) is 55.5 Å². The molecule has 132 valence electrons. The molecule has 25 heavy (non-hydrogen) atoms. The molecule has 0 bridgehead atoms. The van der Waals surface area contributed by atoms with Crippen LogP contribution in [0.5, 0.6) is 5.75 Å². The minimum Gasteiger partial charge on any atom is -0.497 e. The Labute approximate surface area is 148 Å². The summed E-state index contributed by atoms with van der Waals surface area (Å²) in [4.78, 5) is 24.0. The number of carbonyl (C=O) groups is 2. The van der Waals surface area contributed by atoms with E-state index in [9.17, 15) is 9.59 Å². The number of carbonyl (C=O) groups excluding carboxylic acids is 2. The average molecular weight is 340 g/mol.